The van der Waals surface area contributed by atoms with Crippen molar-refractivity contribution in [2.45, 2.75) is 26.9 Å². The number of rotatable bonds is 9. The molecule has 1 N–H and O–H groups in total. The Morgan fingerprint density at radius 2 is 2.00 bits per heavy atom. The Morgan fingerprint density at radius 1 is 1.26 bits per heavy atom. The first-order valence-corrected chi connectivity index (χ1v) is 8.61. The van der Waals surface area contributed by atoms with Crippen LogP contribution in [0.3, 0.4) is 0 Å². The van der Waals surface area contributed by atoms with Gasteiger partial charge in [0.05, 0.1) is 12.8 Å². The minimum atomic E-state index is -0.288. The molecule has 2 rings (SSSR count). The summed E-state index contributed by atoms with van der Waals surface area (Å²) in [5.74, 6) is 0.645. The van der Waals surface area contributed by atoms with E-state index in [2.05, 4.69) is 17.1 Å². The number of halogens is 1. The van der Waals surface area contributed by atoms with Gasteiger partial charge >= 0.3 is 0 Å². The number of allylic oxidation sites excluding steroid dienone is 1. The highest BCUT2D eigenvalue weighted by atomic mass is 19.1. The maximum atomic E-state index is 13.1. The minimum absolute atomic E-state index is 0.248. The van der Waals surface area contributed by atoms with E-state index in [9.17, 15) is 9.18 Å². The zero-order valence-corrected chi connectivity index (χ0v) is 15.5. The molecule has 0 aliphatic rings. The van der Waals surface area contributed by atoms with Gasteiger partial charge in [-0.1, -0.05) is 18.2 Å². The molecule has 2 aromatic rings. The van der Waals surface area contributed by atoms with Crippen molar-refractivity contribution in [3.63, 3.8) is 0 Å². The minimum Gasteiger partial charge on any atom is -0.490 e. The van der Waals surface area contributed by atoms with E-state index in [0.717, 1.165) is 16.7 Å². The molecule has 0 fully saturated rings. The molecule has 0 heterocycles. The number of amides is 1. The van der Waals surface area contributed by atoms with Crippen LogP contribution in [-0.2, 0) is 17.8 Å². The number of carbonyl (C=O) groups is 1. The summed E-state index contributed by atoms with van der Waals surface area (Å²) in [4.78, 5) is 11.0. The molecule has 0 bridgehead atoms. The van der Waals surface area contributed by atoms with E-state index >= 15 is 0 Å². The second-order valence-electron chi connectivity index (χ2n) is 5.77. The Kier molecular flexibility index (Phi) is 7.55. The van der Waals surface area contributed by atoms with Crippen molar-refractivity contribution in [3.8, 4) is 11.5 Å². The molecule has 2 aromatic carbocycles. The predicted octanol–water partition coefficient (Wildman–Crippen LogP) is 4.00. The fourth-order valence-electron chi connectivity index (χ4n) is 2.43. The highest BCUT2D eigenvalue weighted by molar-refractivity contribution is 5.83. The van der Waals surface area contributed by atoms with Crippen LogP contribution in [0.25, 0.3) is 0 Å². The van der Waals surface area contributed by atoms with Crippen LogP contribution < -0.4 is 14.9 Å². The molecule has 0 saturated carbocycles. The van der Waals surface area contributed by atoms with Crippen molar-refractivity contribution < 1.29 is 18.7 Å². The predicted molar refractivity (Wildman–Crippen MR) is 104 cm³/mol. The van der Waals surface area contributed by atoms with Crippen LogP contribution >= 0.6 is 0 Å². The topological polar surface area (TPSA) is 59.9 Å². The first-order chi connectivity index (χ1) is 13.0. The van der Waals surface area contributed by atoms with Crippen molar-refractivity contribution >= 4 is 12.1 Å². The molecule has 0 aliphatic heterocycles. The van der Waals surface area contributed by atoms with Crippen LogP contribution in [0.4, 0.5) is 4.39 Å². The Bertz CT molecular complexity index is 817. The van der Waals surface area contributed by atoms with E-state index < -0.39 is 0 Å². The third-order valence-corrected chi connectivity index (χ3v) is 3.55. The molecule has 27 heavy (non-hydrogen) atoms. The fraction of sp³-hybridized carbons (Fsp3) is 0.238. The molecule has 0 atom stereocenters. The Hall–Kier alpha value is -3.15. The Morgan fingerprint density at radius 3 is 2.63 bits per heavy atom. The first kappa shape index (κ1) is 20.2. The van der Waals surface area contributed by atoms with Gasteiger partial charge in [0.15, 0.2) is 11.5 Å². The van der Waals surface area contributed by atoms with Crippen molar-refractivity contribution in [3.05, 3.63) is 71.6 Å². The summed E-state index contributed by atoms with van der Waals surface area (Å²) in [6.07, 6.45) is 3.88. The highest BCUT2D eigenvalue weighted by Gasteiger charge is 2.13. The quantitative estimate of drug-likeness (QED) is 0.412. The number of benzene rings is 2. The molecule has 0 saturated heterocycles. The second kappa shape index (κ2) is 10.1. The van der Waals surface area contributed by atoms with Crippen molar-refractivity contribution in [1.82, 2.24) is 5.43 Å². The van der Waals surface area contributed by atoms with Crippen LogP contribution in [0.2, 0.25) is 0 Å². The van der Waals surface area contributed by atoms with Gasteiger partial charge in [0.1, 0.15) is 12.4 Å². The van der Waals surface area contributed by atoms with E-state index in [1.165, 1.54) is 19.1 Å². The number of carbonyl (C=O) groups excluding carboxylic acids is 1. The molecule has 6 heteroatoms. The fourth-order valence-corrected chi connectivity index (χ4v) is 2.43. The number of nitrogens with zero attached hydrogens (tertiary/aromatic N) is 1. The average Bonchev–Trinajstić information content (AvgIpc) is 2.63. The smallest absolute Gasteiger partial charge is 0.236 e. The van der Waals surface area contributed by atoms with Crippen LogP contribution in [0, 0.1) is 5.82 Å². The lowest BCUT2D eigenvalue weighted by Crippen LogP contribution is -2.12. The lowest BCUT2D eigenvalue weighted by molar-refractivity contribution is -0.118. The largest absolute Gasteiger partial charge is 0.490 e. The van der Waals surface area contributed by atoms with Gasteiger partial charge in [-0.2, -0.15) is 5.10 Å². The molecule has 0 aliphatic carbocycles. The van der Waals surface area contributed by atoms with E-state index in [4.69, 9.17) is 9.47 Å². The Balaban J connectivity index is 2.31. The number of ether oxygens (including phenoxy) is 2. The molecule has 0 unspecified atom stereocenters. The highest BCUT2D eigenvalue weighted by Crippen LogP contribution is 2.34. The summed E-state index contributed by atoms with van der Waals surface area (Å²) >= 11 is 0. The average molecular weight is 370 g/mol. The molecule has 142 valence electrons. The lowest BCUT2D eigenvalue weighted by atomic mass is 10.1. The van der Waals surface area contributed by atoms with Gasteiger partial charge in [-0.3, -0.25) is 4.79 Å². The van der Waals surface area contributed by atoms with Crippen molar-refractivity contribution in [2.24, 2.45) is 5.10 Å². The second-order valence-corrected chi connectivity index (χ2v) is 5.77. The normalized spacial score (nSPS) is 10.6. The maximum absolute atomic E-state index is 13.1. The molecule has 0 radical (unpaired) electrons. The van der Waals surface area contributed by atoms with Crippen LogP contribution in [-0.4, -0.2) is 18.7 Å². The van der Waals surface area contributed by atoms with Gasteiger partial charge in [0, 0.05) is 12.5 Å². The van der Waals surface area contributed by atoms with Gasteiger partial charge in [0.2, 0.25) is 5.91 Å². The van der Waals surface area contributed by atoms with E-state index in [0.29, 0.717) is 24.5 Å². The SMILES string of the molecule is C=CCc1cc(/C=N\NC(C)=O)cc(OCC)c1OCc1ccc(F)cc1. The maximum Gasteiger partial charge on any atom is 0.236 e. The summed E-state index contributed by atoms with van der Waals surface area (Å²) in [5, 5.41) is 3.89. The molecular weight excluding hydrogens is 347 g/mol. The van der Waals surface area contributed by atoms with Crippen LogP contribution in [0.15, 0.2) is 54.2 Å². The van der Waals surface area contributed by atoms with Crippen LogP contribution in [0.1, 0.15) is 30.5 Å². The number of hydrogen-bond acceptors (Lipinski definition) is 4. The van der Waals surface area contributed by atoms with Crippen molar-refractivity contribution in [2.75, 3.05) is 6.61 Å². The number of hydrazone groups is 1. The molecule has 5 nitrogen and oxygen atoms in total. The first-order valence-electron chi connectivity index (χ1n) is 8.61. The summed E-state index contributed by atoms with van der Waals surface area (Å²) in [6, 6.07) is 9.84. The van der Waals surface area contributed by atoms with E-state index in [1.807, 2.05) is 13.0 Å². The zero-order chi connectivity index (χ0) is 19.6. The molecular formula is C21H23FN2O3. The molecule has 1 amide bonds. The van der Waals surface area contributed by atoms with Gasteiger partial charge < -0.3 is 9.47 Å². The number of hydrogen-bond donors (Lipinski definition) is 1. The summed E-state index contributed by atoms with van der Waals surface area (Å²) in [5.41, 5.74) is 4.86. The lowest BCUT2D eigenvalue weighted by Gasteiger charge is -2.16. The summed E-state index contributed by atoms with van der Waals surface area (Å²) in [6.45, 7) is 7.80. The zero-order valence-electron chi connectivity index (χ0n) is 15.5. The third-order valence-electron chi connectivity index (χ3n) is 3.55. The van der Waals surface area contributed by atoms with E-state index in [1.54, 1.807) is 30.5 Å². The monoisotopic (exact) mass is 370 g/mol. The van der Waals surface area contributed by atoms with E-state index in [-0.39, 0.29) is 18.3 Å². The van der Waals surface area contributed by atoms with Gasteiger partial charge in [0.25, 0.3) is 0 Å². The molecule has 0 spiro atoms. The summed E-state index contributed by atoms with van der Waals surface area (Å²) < 4.78 is 24.8. The van der Waals surface area contributed by atoms with Crippen molar-refractivity contribution in [1.29, 1.82) is 0 Å². The Labute approximate surface area is 158 Å². The third kappa shape index (κ3) is 6.26. The van der Waals surface area contributed by atoms with Gasteiger partial charge in [-0.15, -0.1) is 6.58 Å². The molecule has 0 aromatic heterocycles. The summed E-state index contributed by atoms with van der Waals surface area (Å²) in [7, 11) is 0. The van der Waals surface area contributed by atoms with Crippen LogP contribution in [0.5, 0.6) is 11.5 Å². The number of nitrogens with one attached hydrogen (secondary N) is 1. The standard InChI is InChI=1S/C21H23FN2O3/c1-4-6-18-11-17(13-23-24-15(3)25)12-20(26-5-2)21(18)27-14-16-7-9-19(22)10-8-16/h4,7-13H,1,5-6,14H2,2-3H3,(H,24,25)/b23-13-. The van der Waals surface area contributed by atoms with Gasteiger partial charge in [-0.25, -0.2) is 9.82 Å². The van der Waals surface area contributed by atoms with Gasteiger partial charge in [-0.05, 0) is 48.7 Å².